The molecule has 0 aliphatic rings. The van der Waals surface area contributed by atoms with Gasteiger partial charge in [0.05, 0.1) is 0 Å². The van der Waals surface area contributed by atoms with Gasteiger partial charge in [0.2, 0.25) is 0 Å². The van der Waals surface area contributed by atoms with Crippen molar-refractivity contribution in [2.75, 3.05) is 12.3 Å². The Kier molecular flexibility index (Phi) is 5.19. The van der Waals surface area contributed by atoms with Gasteiger partial charge in [0.25, 0.3) is 0 Å². The predicted molar refractivity (Wildman–Crippen MR) is 86.4 cm³/mol. The molecule has 20 heavy (non-hydrogen) atoms. The molecule has 2 heteroatoms. The minimum absolute atomic E-state index is 0.374. The highest BCUT2D eigenvalue weighted by Gasteiger charge is 2.15. The van der Waals surface area contributed by atoms with Crippen LogP contribution in [0.4, 0.5) is 5.69 Å². The second-order valence-corrected chi connectivity index (χ2v) is 5.30. The van der Waals surface area contributed by atoms with Gasteiger partial charge in [-0.05, 0) is 43.1 Å². The average molecular weight is 268 g/mol. The molecule has 0 spiro atoms. The summed E-state index contributed by atoms with van der Waals surface area (Å²) in [6.07, 6.45) is 1.15. The summed E-state index contributed by atoms with van der Waals surface area (Å²) in [7, 11) is 0. The number of rotatable bonds is 6. The van der Waals surface area contributed by atoms with E-state index in [4.69, 9.17) is 5.73 Å². The quantitative estimate of drug-likeness (QED) is 0.794. The molecule has 106 valence electrons. The van der Waals surface area contributed by atoms with Crippen molar-refractivity contribution in [3.63, 3.8) is 0 Å². The standard InChI is InChI=1S/C18H24N2/c1-3-12-20(14-16-8-5-4-6-9-16)15(2)17-10-7-11-18(19)13-17/h4-11,13,15H,3,12,14,19H2,1-2H3. The SMILES string of the molecule is CCCN(Cc1ccccc1)C(C)c1cccc(N)c1. The van der Waals surface area contributed by atoms with E-state index in [2.05, 4.69) is 61.2 Å². The van der Waals surface area contributed by atoms with Crippen LogP contribution in [0.3, 0.4) is 0 Å². The number of hydrogen-bond acceptors (Lipinski definition) is 2. The van der Waals surface area contributed by atoms with Crippen LogP contribution in [0.15, 0.2) is 54.6 Å². The van der Waals surface area contributed by atoms with Gasteiger partial charge in [-0.2, -0.15) is 0 Å². The van der Waals surface area contributed by atoms with E-state index in [0.29, 0.717) is 6.04 Å². The molecule has 0 fully saturated rings. The van der Waals surface area contributed by atoms with Crippen LogP contribution < -0.4 is 5.73 Å². The number of benzene rings is 2. The van der Waals surface area contributed by atoms with Crippen LogP contribution in [-0.4, -0.2) is 11.4 Å². The van der Waals surface area contributed by atoms with E-state index in [1.807, 2.05) is 12.1 Å². The first-order chi connectivity index (χ1) is 9.70. The van der Waals surface area contributed by atoms with E-state index >= 15 is 0 Å². The lowest BCUT2D eigenvalue weighted by Crippen LogP contribution is -2.27. The van der Waals surface area contributed by atoms with Crippen LogP contribution in [-0.2, 0) is 6.54 Å². The zero-order valence-electron chi connectivity index (χ0n) is 12.4. The summed E-state index contributed by atoms with van der Waals surface area (Å²) < 4.78 is 0. The summed E-state index contributed by atoms with van der Waals surface area (Å²) in [5.41, 5.74) is 9.39. The number of hydrogen-bond donors (Lipinski definition) is 1. The van der Waals surface area contributed by atoms with Crippen LogP contribution in [0, 0.1) is 0 Å². The topological polar surface area (TPSA) is 29.3 Å². The lowest BCUT2D eigenvalue weighted by atomic mass is 10.0. The fraction of sp³-hybridized carbons (Fsp3) is 0.333. The zero-order chi connectivity index (χ0) is 14.4. The molecule has 0 aliphatic heterocycles. The summed E-state index contributed by atoms with van der Waals surface area (Å²) in [5, 5.41) is 0. The fourth-order valence-electron chi connectivity index (χ4n) is 2.54. The first-order valence-corrected chi connectivity index (χ1v) is 7.34. The summed E-state index contributed by atoms with van der Waals surface area (Å²) in [4.78, 5) is 2.50. The summed E-state index contributed by atoms with van der Waals surface area (Å²) in [5.74, 6) is 0. The molecular formula is C18H24N2. The van der Waals surface area contributed by atoms with Gasteiger partial charge in [0.1, 0.15) is 0 Å². The third-order valence-electron chi connectivity index (χ3n) is 3.68. The van der Waals surface area contributed by atoms with E-state index in [1.165, 1.54) is 11.1 Å². The van der Waals surface area contributed by atoms with E-state index in [9.17, 15) is 0 Å². The first-order valence-electron chi connectivity index (χ1n) is 7.34. The molecule has 0 aliphatic carbocycles. The Labute approximate surface area is 122 Å². The van der Waals surface area contributed by atoms with Gasteiger partial charge >= 0.3 is 0 Å². The number of anilines is 1. The van der Waals surface area contributed by atoms with Gasteiger partial charge in [-0.3, -0.25) is 4.90 Å². The van der Waals surface area contributed by atoms with Gasteiger partial charge in [0, 0.05) is 18.3 Å². The summed E-state index contributed by atoms with van der Waals surface area (Å²) >= 11 is 0. The van der Waals surface area contributed by atoms with Crippen molar-refractivity contribution in [1.29, 1.82) is 0 Å². The zero-order valence-corrected chi connectivity index (χ0v) is 12.4. The second-order valence-electron chi connectivity index (χ2n) is 5.30. The highest BCUT2D eigenvalue weighted by atomic mass is 15.1. The molecule has 2 aromatic carbocycles. The largest absolute Gasteiger partial charge is 0.399 e. The van der Waals surface area contributed by atoms with E-state index in [1.54, 1.807) is 0 Å². The second kappa shape index (κ2) is 7.11. The molecule has 0 heterocycles. The minimum Gasteiger partial charge on any atom is -0.399 e. The van der Waals surface area contributed by atoms with Crippen molar-refractivity contribution in [3.05, 3.63) is 65.7 Å². The molecule has 0 saturated heterocycles. The minimum atomic E-state index is 0.374. The predicted octanol–water partition coefficient (Wildman–Crippen LogP) is 4.24. The average Bonchev–Trinajstić information content (AvgIpc) is 2.47. The van der Waals surface area contributed by atoms with Crippen molar-refractivity contribution in [2.45, 2.75) is 32.9 Å². The Morgan fingerprint density at radius 2 is 1.80 bits per heavy atom. The Hall–Kier alpha value is -1.80. The molecule has 0 aromatic heterocycles. The number of nitrogens with two attached hydrogens (primary N) is 1. The van der Waals surface area contributed by atoms with Crippen LogP contribution in [0.2, 0.25) is 0 Å². The Bertz CT molecular complexity index is 522. The van der Waals surface area contributed by atoms with Crippen LogP contribution in [0.25, 0.3) is 0 Å². The monoisotopic (exact) mass is 268 g/mol. The Morgan fingerprint density at radius 1 is 1.05 bits per heavy atom. The van der Waals surface area contributed by atoms with E-state index in [-0.39, 0.29) is 0 Å². The van der Waals surface area contributed by atoms with Gasteiger partial charge in [-0.25, -0.2) is 0 Å². The van der Waals surface area contributed by atoms with Crippen molar-refractivity contribution in [3.8, 4) is 0 Å². The lowest BCUT2D eigenvalue weighted by molar-refractivity contribution is 0.202. The van der Waals surface area contributed by atoms with Crippen molar-refractivity contribution in [1.82, 2.24) is 4.90 Å². The van der Waals surface area contributed by atoms with E-state index < -0.39 is 0 Å². The van der Waals surface area contributed by atoms with Crippen molar-refractivity contribution < 1.29 is 0 Å². The molecule has 1 atom stereocenters. The van der Waals surface area contributed by atoms with Gasteiger partial charge in [0.15, 0.2) is 0 Å². The smallest absolute Gasteiger partial charge is 0.0324 e. The maximum atomic E-state index is 5.90. The highest BCUT2D eigenvalue weighted by Crippen LogP contribution is 2.24. The van der Waals surface area contributed by atoms with Gasteiger partial charge in [-0.15, -0.1) is 0 Å². The highest BCUT2D eigenvalue weighted by molar-refractivity contribution is 5.41. The third-order valence-corrected chi connectivity index (χ3v) is 3.68. The molecule has 0 bridgehead atoms. The molecular weight excluding hydrogens is 244 g/mol. The lowest BCUT2D eigenvalue weighted by Gasteiger charge is -2.29. The van der Waals surface area contributed by atoms with Gasteiger partial charge < -0.3 is 5.73 Å². The number of nitrogen functional groups attached to an aromatic ring is 1. The normalized spacial score (nSPS) is 12.6. The first kappa shape index (κ1) is 14.6. The van der Waals surface area contributed by atoms with E-state index in [0.717, 1.165) is 25.2 Å². The van der Waals surface area contributed by atoms with Crippen molar-refractivity contribution in [2.24, 2.45) is 0 Å². The molecule has 0 amide bonds. The molecule has 0 saturated carbocycles. The fourth-order valence-corrected chi connectivity index (χ4v) is 2.54. The molecule has 2 nitrogen and oxygen atoms in total. The molecule has 2 N–H and O–H groups in total. The Morgan fingerprint density at radius 3 is 2.45 bits per heavy atom. The summed E-state index contributed by atoms with van der Waals surface area (Å²) in [6.45, 7) is 6.55. The maximum Gasteiger partial charge on any atom is 0.0324 e. The molecule has 1 unspecified atom stereocenters. The van der Waals surface area contributed by atoms with Gasteiger partial charge in [-0.1, -0.05) is 49.4 Å². The maximum absolute atomic E-state index is 5.90. The number of nitrogens with zero attached hydrogens (tertiary/aromatic N) is 1. The molecule has 2 aromatic rings. The third kappa shape index (κ3) is 3.84. The van der Waals surface area contributed by atoms with Crippen molar-refractivity contribution >= 4 is 5.69 Å². The Balaban J connectivity index is 2.15. The van der Waals surface area contributed by atoms with Crippen LogP contribution in [0.5, 0.6) is 0 Å². The van der Waals surface area contributed by atoms with Crippen LogP contribution >= 0.6 is 0 Å². The molecule has 0 radical (unpaired) electrons. The van der Waals surface area contributed by atoms with Crippen LogP contribution in [0.1, 0.15) is 37.4 Å². The summed E-state index contributed by atoms with van der Waals surface area (Å²) in [6, 6.07) is 19.2. The molecule has 2 rings (SSSR count).